The highest BCUT2D eigenvalue weighted by Gasteiger charge is 2.47. The summed E-state index contributed by atoms with van der Waals surface area (Å²) in [4.78, 5) is 36.8. The summed E-state index contributed by atoms with van der Waals surface area (Å²) in [7, 11) is -4.22. The SMILES string of the molecule is NC(=O)CN1[C@@H](C(=O)c2ccccc2)C(=O)c2ccccc2S1(=O)=O. The second kappa shape index (κ2) is 6.23. The molecule has 1 heterocycles. The molecule has 1 aliphatic heterocycles. The number of hydrogen-bond acceptors (Lipinski definition) is 5. The summed E-state index contributed by atoms with van der Waals surface area (Å²) in [5, 5.41) is 0. The Balaban J connectivity index is 2.20. The quantitative estimate of drug-likeness (QED) is 0.635. The van der Waals surface area contributed by atoms with Crippen LogP contribution in [0.3, 0.4) is 0 Å². The number of hydrogen-bond donors (Lipinski definition) is 1. The lowest BCUT2D eigenvalue weighted by atomic mass is 9.96. The van der Waals surface area contributed by atoms with Crippen molar-refractivity contribution in [1.82, 2.24) is 4.31 Å². The minimum absolute atomic E-state index is 0.0718. The molecule has 25 heavy (non-hydrogen) atoms. The molecule has 0 radical (unpaired) electrons. The summed E-state index contributed by atoms with van der Waals surface area (Å²) >= 11 is 0. The summed E-state index contributed by atoms with van der Waals surface area (Å²) in [6.07, 6.45) is 0. The number of carbonyl (C=O) groups is 3. The molecule has 1 aliphatic rings. The van der Waals surface area contributed by atoms with Crippen LogP contribution in [0.15, 0.2) is 59.5 Å². The number of nitrogens with zero attached hydrogens (tertiary/aromatic N) is 1. The number of Topliss-reactive ketones (excluding diaryl/α,β-unsaturated/α-hetero) is 2. The third-order valence-electron chi connectivity index (χ3n) is 3.89. The molecule has 0 aliphatic carbocycles. The summed E-state index contributed by atoms with van der Waals surface area (Å²) in [6, 6.07) is 11.8. The number of nitrogens with two attached hydrogens (primary N) is 1. The average molecular weight is 358 g/mol. The van der Waals surface area contributed by atoms with E-state index in [4.69, 9.17) is 5.73 Å². The van der Waals surface area contributed by atoms with Gasteiger partial charge in [-0.2, -0.15) is 4.31 Å². The van der Waals surface area contributed by atoms with Gasteiger partial charge in [-0.3, -0.25) is 14.4 Å². The van der Waals surface area contributed by atoms with Crippen LogP contribution in [0.25, 0.3) is 0 Å². The predicted molar refractivity (Wildman–Crippen MR) is 88.4 cm³/mol. The fourth-order valence-electron chi connectivity index (χ4n) is 2.78. The zero-order valence-corrected chi connectivity index (χ0v) is 13.8. The van der Waals surface area contributed by atoms with Crippen LogP contribution in [0.1, 0.15) is 20.7 Å². The van der Waals surface area contributed by atoms with Gasteiger partial charge < -0.3 is 5.73 Å². The maximum Gasteiger partial charge on any atom is 0.245 e. The fourth-order valence-corrected chi connectivity index (χ4v) is 4.49. The molecule has 2 aromatic carbocycles. The number of ketones is 2. The number of benzene rings is 2. The molecule has 2 aromatic rings. The Morgan fingerprint density at radius 1 is 1.00 bits per heavy atom. The van der Waals surface area contributed by atoms with E-state index < -0.39 is 40.1 Å². The summed E-state index contributed by atoms with van der Waals surface area (Å²) in [6.45, 7) is -0.758. The molecular weight excluding hydrogens is 344 g/mol. The van der Waals surface area contributed by atoms with Gasteiger partial charge in [-0.05, 0) is 12.1 Å². The second-order valence-corrected chi connectivity index (χ2v) is 7.37. The highest BCUT2D eigenvalue weighted by atomic mass is 32.2. The molecule has 0 spiro atoms. The number of primary amides is 1. The van der Waals surface area contributed by atoms with Gasteiger partial charge >= 0.3 is 0 Å². The van der Waals surface area contributed by atoms with E-state index in [-0.39, 0.29) is 16.0 Å². The number of amides is 1. The Morgan fingerprint density at radius 3 is 2.24 bits per heavy atom. The van der Waals surface area contributed by atoms with E-state index in [1.54, 1.807) is 18.2 Å². The summed E-state index contributed by atoms with van der Waals surface area (Å²) in [5.41, 5.74) is 5.24. The van der Waals surface area contributed by atoms with E-state index in [1.165, 1.54) is 36.4 Å². The lowest BCUT2D eigenvalue weighted by molar-refractivity contribution is -0.118. The molecule has 0 unspecified atom stereocenters. The van der Waals surface area contributed by atoms with Crippen molar-refractivity contribution in [3.63, 3.8) is 0 Å². The van der Waals surface area contributed by atoms with Gasteiger partial charge in [0.25, 0.3) is 0 Å². The van der Waals surface area contributed by atoms with Gasteiger partial charge in [0.2, 0.25) is 15.9 Å². The third kappa shape index (κ3) is 2.86. The van der Waals surface area contributed by atoms with E-state index in [0.717, 1.165) is 0 Å². The molecule has 7 nitrogen and oxygen atoms in total. The first-order chi connectivity index (χ1) is 11.8. The van der Waals surface area contributed by atoms with Crippen molar-refractivity contribution >= 4 is 27.5 Å². The van der Waals surface area contributed by atoms with Gasteiger partial charge in [-0.15, -0.1) is 0 Å². The number of fused-ring (bicyclic) bond motifs is 1. The van der Waals surface area contributed by atoms with Crippen molar-refractivity contribution in [2.24, 2.45) is 5.73 Å². The Morgan fingerprint density at radius 2 is 1.60 bits per heavy atom. The molecular formula is C17H14N2O5S. The van der Waals surface area contributed by atoms with Gasteiger partial charge in [-0.1, -0.05) is 42.5 Å². The number of carbonyl (C=O) groups excluding carboxylic acids is 3. The van der Waals surface area contributed by atoms with Crippen molar-refractivity contribution in [3.05, 3.63) is 65.7 Å². The van der Waals surface area contributed by atoms with Gasteiger partial charge in [0.15, 0.2) is 17.6 Å². The molecule has 0 fully saturated rings. The minimum atomic E-state index is -4.22. The second-order valence-electron chi connectivity index (χ2n) is 5.51. The molecule has 3 rings (SSSR count). The van der Waals surface area contributed by atoms with Crippen LogP contribution in [0.4, 0.5) is 0 Å². The maximum absolute atomic E-state index is 12.8. The molecule has 8 heteroatoms. The largest absolute Gasteiger partial charge is 0.369 e. The molecule has 128 valence electrons. The molecule has 0 saturated heterocycles. The van der Waals surface area contributed by atoms with Gasteiger partial charge in [0.05, 0.1) is 11.4 Å². The molecule has 1 atom stereocenters. The first-order valence-electron chi connectivity index (χ1n) is 7.36. The lowest BCUT2D eigenvalue weighted by Crippen LogP contribution is -2.55. The normalized spacial score (nSPS) is 19.2. The van der Waals surface area contributed by atoms with E-state index in [9.17, 15) is 22.8 Å². The monoisotopic (exact) mass is 358 g/mol. The Bertz CT molecular complexity index is 970. The Kier molecular flexibility index (Phi) is 4.23. The first kappa shape index (κ1) is 17.0. The van der Waals surface area contributed by atoms with Crippen molar-refractivity contribution in [2.75, 3.05) is 6.54 Å². The predicted octanol–water partition coefficient (Wildman–Crippen LogP) is 0.610. The standard InChI is InChI=1S/C17H14N2O5S/c18-14(20)10-19-15(16(21)11-6-2-1-3-7-11)17(22)12-8-4-5-9-13(12)25(19,23)24/h1-9,15H,10H2,(H2,18,20)/t15-/m0/s1. The van der Waals surface area contributed by atoms with Crippen molar-refractivity contribution in [3.8, 4) is 0 Å². The van der Waals surface area contributed by atoms with Crippen LogP contribution in [0, 0.1) is 0 Å². The topological polar surface area (TPSA) is 115 Å². The van der Waals surface area contributed by atoms with E-state index in [2.05, 4.69) is 0 Å². The maximum atomic E-state index is 12.8. The summed E-state index contributed by atoms with van der Waals surface area (Å²) in [5.74, 6) is -2.34. The highest BCUT2D eigenvalue weighted by Crippen LogP contribution is 2.31. The van der Waals surface area contributed by atoms with Gasteiger partial charge in [-0.25, -0.2) is 8.42 Å². The molecule has 2 N–H and O–H groups in total. The van der Waals surface area contributed by atoms with Crippen molar-refractivity contribution < 1.29 is 22.8 Å². The number of rotatable bonds is 4. The number of sulfonamides is 1. The summed E-state index contributed by atoms with van der Waals surface area (Å²) < 4.78 is 26.3. The third-order valence-corrected chi connectivity index (χ3v) is 5.76. The van der Waals surface area contributed by atoms with Crippen molar-refractivity contribution in [2.45, 2.75) is 10.9 Å². The highest BCUT2D eigenvalue weighted by molar-refractivity contribution is 7.89. The molecule has 0 saturated carbocycles. The van der Waals surface area contributed by atoms with Crippen LogP contribution >= 0.6 is 0 Å². The zero-order valence-electron chi connectivity index (χ0n) is 13.0. The van der Waals surface area contributed by atoms with Crippen LogP contribution in [0.5, 0.6) is 0 Å². The van der Waals surface area contributed by atoms with Crippen LogP contribution in [0.2, 0.25) is 0 Å². The zero-order chi connectivity index (χ0) is 18.2. The Hall–Kier alpha value is -2.84. The van der Waals surface area contributed by atoms with Crippen LogP contribution in [-0.2, 0) is 14.8 Å². The molecule has 0 aromatic heterocycles. The van der Waals surface area contributed by atoms with Gasteiger partial charge in [0, 0.05) is 11.1 Å². The minimum Gasteiger partial charge on any atom is -0.369 e. The molecule has 1 amide bonds. The van der Waals surface area contributed by atoms with Crippen LogP contribution in [-0.4, -0.2) is 42.8 Å². The smallest absolute Gasteiger partial charge is 0.245 e. The van der Waals surface area contributed by atoms with Gasteiger partial charge in [0.1, 0.15) is 0 Å². The van der Waals surface area contributed by atoms with E-state index in [1.807, 2.05) is 0 Å². The average Bonchev–Trinajstić information content (AvgIpc) is 2.60. The van der Waals surface area contributed by atoms with E-state index >= 15 is 0 Å². The Labute approximate surface area is 144 Å². The van der Waals surface area contributed by atoms with Crippen molar-refractivity contribution in [1.29, 1.82) is 0 Å². The van der Waals surface area contributed by atoms with E-state index in [0.29, 0.717) is 4.31 Å². The van der Waals surface area contributed by atoms with Crippen LogP contribution < -0.4 is 5.73 Å². The first-order valence-corrected chi connectivity index (χ1v) is 8.80. The lowest BCUT2D eigenvalue weighted by Gasteiger charge is -2.33. The fraction of sp³-hybridized carbons (Fsp3) is 0.118. The molecule has 0 bridgehead atoms.